The topological polar surface area (TPSA) is 92.4 Å². The van der Waals surface area contributed by atoms with Crippen LogP contribution in [-0.2, 0) is 9.59 Å². The van der Waals surface area contributed by atoms with E-state index in [9.17, 15) is 19.1 Å². The van der Waals surface area contributed by atoms with Gasteiger partial charge in [0.15, 0.2) is 5.78 Å². The average molecular weight is 342 g/mol. The summed E-state index contributed by atoms with van der Waals surface area (Å²) in [5.74, 6) is -1.71. The zero-order chi connectivity index (χ0) is 18.4. The highest BCUT2D eigenvalue weighted by atomic mass is 19.1. The Hall–Kier alpha value is -2.99. The van der Waals surface area contributed by atoms with Crippen LogP contribution in [0.4, 0.5) is 4.39 Å². The fourth-order valence-electron chi connectivity index (χ4n) is 2.37. The number of aliphatic hydroxyl groups is 1. The summed E-state index contributed by atoms with van der Waals surface area (Å²) >= 11 is 0. The maximum absolute atomic E-state index is 13.1. The molecule has 0 saturated heterocycles. The van der Waals surface area contributed by atoms with E-state index in [0.29, 0.717) is 11.1 Å². The van der Waals surface area contributed by atoms with E-state index in [2.05, 4.69) is 5.32 Å². The molecule has 0 fully saturated rings. The monoisotopic (exact) mass is 342 g/mol. The van der Waals surface area contributed by atoms with Crippen LogP contribution >= 0.6 is 0 Å². The zero-order valence-corrected chi connectivity index (χ0v) is 13.7. The maximum atomic E-state index is 13.1. The summed E-state index contributed by atoms with van der Waals surface area (Å²) in [5, 5.41) is 12.6. The molecular formula is C19H19FN2O3. The number of rotatable bonds is 6. The maximum Gasteiger partial charge on any atom is 0.256 e. The van der Waals surface area contributed by atoms with Crippen molar-refractivity contribution in [3.05, 3.63) is 77.1 Å². The van der Waals surface area contributed by atoms with Crippen LogP contribution in [0.25, 0.3) is 5.70 Å². The number of halogens is 1. The smallest absolute Gasteiger partial charge is 0.256 e. The van der Waals surface area contributed by atoms with Gasteiger partial charge in [-0.25, -0.2) is 4.39 Å². The highest BCUT2D eigenvalue weighted by Gasteiger charge is 2.24. The summed E-state index contributed by atoms with van der Waals surface area (Å²) in [6, 6.07) is 13.8. The molecule has 130 valence electrons. The molecule has 4 N–H and O–H groups in total. The Labute approximate surface area is 145 Å². The Morgan fingerprint density at radius 2 is 1.72 bits per heavy atom. The highest BCUT2D eigenvalue weighted by molar-refractivity contribution is 6.24. The van der Waals surface area contributed by atoms with Crippen LogP contribution in [0.3, 0.4) is 0 Å². The lowest BCUT2D eigenvalue weighted by molar-refractivity contribution is -0.123. The Morgan fingerprint density at radius 1 is 1.12 bits per heavy atom. The van der Waals surface area contributed by atoms with Gasteiger partial charge in [0.1, 0.15) is 11.4 Å². The molecule has 0 radical (unpaired) electrons. The molecule has 1 atom stereocenters. The van der Waals surface area contributed by atoms with E-state index < -0.39 is 23.6 Å². The molecule has 1 amide bonds. The van der Waals surface area contributed by atoms with Crippen molar-refractivity contribution in [1.29, 1.82) is 0 Å². The molecule has 25 heavy (non-hydrogen) atoms. The summed E-state index contributed by atoms with van der Waals surface area (Å²) in [6.07, 6.45) is -1.36. The molecule has 1 unspecified atom stereocenters. The van der Waals surface area contributed by atoms with Gasteiger partial charge in [-0.3, -0.25) is 9.59 Å². The first-order chi connectivity index (χ1) is 11.9. The fraction of sp³-hybridized carbons (Fsp3) is 0.158. The second-order valence-electron chi connectivity index (χ2n) is 5.43. The summed E-state index contributed by atoms with van der Waals surface area (Å²) in [7, 11) is 1.38. The Kier molecular flexibility index (Phi) is 6.03. The lowest BCUT2D eigenvalue weighted by Gasteiger charge is -2.14. The predicted molar refractivity (Wildman–Crippen MR) is 92.6 cm³/mol. The number of hydrogen-bond acceptors (Lipinski definition) is 4. The van der Waals surface area contributed by atoms with Crippen molar-refractivity contribution in [3.63, 3.8) is 0 Å². The number of carbonyl (C=O) groups excluding carboxylic acids is 2. The van der Waals surface area contributed by atoms with Gasteiger partial charge in [0.05, 0.1) is 11.8 Å². The van der Waals surface area contributed by atoms with Crippen molar-refractivity contribution >= 4 is 17.4 Å². The van der Waals surface area contributed by atoms with E-state index in [-0.39, 0.29) is 17.7 Å². The van der Waals surface area contributed by atoms with Gasteiger partial charge in [0.25, 0.3) is 5.91 Å². The lowest BCUT2D eigenvalue weighted by atomic mass is 9.96. The van der Waals surface area contributed by atoms with Crippen LogP contribution in [-0.4, -0.2) is 23.8 Å². The second-order valence-corrected chi connectivity index (χ2v) is 5.43. The molecule has 6 heteroatoms. The number of aliphatic hydroxyl groups excluding tert-OH is 1. The Balaban J connectivity index is 2.33. The number of amides is 1. The van der Waals surface area contributed by atoms with Crippen LogP contribution < -0.4 is 11.1 Å². The number of carbonyl (C=O) groups is 2. The molecular weight excluding hydrogens is 323 g/mol. The van der Waals surface area contributed by atoms with E-state index >= 15 is 0 Å². The van der Waals surface area contributed by atoms with E-state index in [4.69, 9.17) is 5.73 Å². The van der Waals surface area contributed by atoms with Crippen LogP contribution in [0, 0.1) is 5.82 Å². The molecule has 0 aliphatic rings. The van der Waals surface area contributed by atoms with Crippen LogP contribution in [0.1, 0.15) is 23.7 Å². The number of nitrogens with two attached hydrogens (primary N) is 1. The first-order valence-electron chi connectivity index (χ1n) is 7.68. The molecule has 2 rings (SSSR count). The van der Waals surface area contributed by atoms with Crippen LogP contribution in [0.15, 0.2) is 60.2 Å². The first kappa shape index (κ1) is 18.4. The van der Waals surface area contributed by atoms with Crippen molar-refractivity contribution in [1.82, 2.24) is 5.32 Å². The molecule has 2 aromatic carbocycles. The molecule has 5 nitrogen and oxygen atoms in total. The lowest BCUT2D eigenvalue weighted by Crippen LogP contribution is -2.28. The fourth-order valence-corrected chi connectivity index (χ4v) is 2.37. The number of likely N-dealkylation sites (N-methyl/N-ethyl adjacent to an activating group) is 1. The van der Waals surface area contributed by atoms with Gasteiger partial charge in [0.2, 0.25) is 0 Å². The van der Waals surface area contributed by atoms with Gasteiger partial charge in [-0.15, -0.1) is 0 Å². The quantitative estimate of drug-likeness (QED) is 0.425. The molecule has 0 saturated carbocycles. The number of nitrogens with one attached hydrogen (secondary N) is 1. The minimum Gasteiger partial charge on any atom is -0.397 e. The standard InChI is InChI=1S/C19H19FN2O3/c1-22-19(25)17(18(21)13-7-9-14(20)10-8-13)16(24)11-15(23)12-5-3-2-4-6-12/h2-10,15,23H,11,21H2,1H3,(H,22,25). The zero-order valence-electron chi connectivity index (χ0n) is 13.7. The van der Waals surface area contributed by atoms with Crippen LogP contribution in [0.5, 0.6) is 0 Å². The average Bonchev–Trinajstić information content (AvgIpc) is 2.62. The highest BCUT2D eigenvalue weighted by Crippen LogP contribution is 2.22. The van der Waals surface area contributed by atoms with Crippen molar-refractivity contribution in [2.45, 2.75) is 12.5 Å². The number of hydrogen-bond donors (Lipinski definition) is 3. The van der Waals surface area contributed by atoms with E-state index in [1.54, 1.807) is 30.3 Å². The van der Waals surface area contributed by atoms with Gasteiger partial charge in [-0.05, 0) is 35.4 Å². The molecule has 0 aliphatic carbocycles. The van der Waals surface area contributed by atoms with E-state index in [1.807, 2.05) is 0 Å². The summed E-state index contributed by atoms with van der Waals surface area (Å²) < 4.78 is 13.1. The van der Waals surface area contributed by atoms with Gasteiger partial charge in [-0.1, -0.05) is 30.3 Å². The third kappa shape index (κ3) is 4.51. The normalized spacial score (nSPS) is 12.9. The van der Waals surface area contributed by atoms with Gasteiger partial charge >= 0.3 is 0 Å². The van der Waals surface area contributed by atoms with E-state index in [0.717, 1.165) is 0 Å². The largest absolute Gasteiger partial charge is 0.397 e. The SMILES string of the molecule is CNC(=O)C(C(=O)CC(O)c1ccccc1)=C(N)c1ccc(F)cc1. The molecule has 0 heterocycles. The second kappa shape index (κ2) is 8.21. The Morgan fingerprint density at radius 3 is 2.28 bits per heavy atom. The minimum absolute atomic E-state index is 0.0652. The first-order valence-corrected chi connectivity index (χ1v) is 7.68. The summed E-state index contributed by atoms with van der Waals surface area (Å²) in [5.41, 5.74) is 6.56. The van der Waals surface area contributed by atoms with Crippen molar-refractivity contribution < 1.29 is 19.1 Å². The Bertz CT molecular complexity index is 786. The third-order valence-corrected chi connectivity index (χ3v) is 3.72. The van der Waals surface area contributed by atoms with Gasteiger partial charge in [-0.2, -0.15) is 0 Å². The molecule has 0 bridgehead atoms. The molecule has 0 aromatic heterocycles. The van der Waals surface area contributed by atoms with Crippen LogP contribution in [0.2, 0.25) is 0 Å². The minimum atomic E-state index is -1.06. The molecule has 0 spiro atoms. The predicted octanol–water partition coefficient (Wildman–Crippen LogP) is 1.93. The van der Waals surface area contributed by atoms with E-state index in [1.165, 1.54) is 31.3 Å². The molecule has 0 aliphatic heterocycles. The van der Waals surface area contributed by atoms with Crippen molar-refractivity contribution in [2.24, 2.45) is 5.73 Å². The third-order valence-electron chi connectivity index (χ3n) is 3.72. The van der Waals surface area contributed by atoms with Gasteiger partial charge < -0.3 is 16.2 Å². The van der Waals surface area contributed by atoms with Crippen molar-refractivity contribution in [2.75, 3.05) is 7.05 Å². The number of benzene rings is 2. The number of ketones is 1. The van der Waals surface area contributed by atoms with Crippen molar-refractivity contribution in [3.8, 4) is 0 Å². The summed E-state index contributed by atoms with van der Waals surface area (Å²) in [4.78, 5) is 24.7. The molecule has 2 aromatic rings. The summed E-state index contributed by atoms with van der Waals surface area (Å²) in [6.45, 7) is 0. The number of Topliss-reactive ketones (excluding diaryl/α,β-unsaturated/α-hetero) is 1. The van der Waals surface area contributed by atoms with Gasteiger partial charge in [0, 0.05) is 13.5 Å².